The van der Waals surface area contributed by atoms with Gasteiger partial charge in [0.2, 0.25) is 0 Å². The van der Waals surface area contributed by atoms with Crippen molar-refractivity contribution in [3.8, 4) is 0 Å². The molecule has 180 valence electrons. The zero-order valence-corrected chi connectivity index (χ0v) is 18.7. The van der Waals surface area contributed by atoms with Crippen LogP contribution in [0.4, 0.5) is 5.82 Å². The van der Waals surface area contributed by atoms with Crippen LogP contribution < -0.4 is 10.6 Å². The maximum Gasteiger partial charge on any atom is 0.257 e. The number of hydrogen-bond acceptors (Lipinski definition) is 11. The third kappa shape index (κ3) is 4.61. The van der Waals surface area contributed by atoms with E-state index in [0.717, 1.165) is 25.7 Å². The zero-order chi connectivity index (χ0) is 22.9. The number of aliphatic hydroxyl groups excluding tert-OH is 3. The van der Waals surface area contributed by atoms with Gasteiger partial charge in [0.15, 0.2) is 23.2 Å². The molecular formula is C20H28N6O6S. The Labute approximate surface area is 195 Å². The summed E-state index contributed by atoms with van der Waals surface area (Å²) < 4.78 is 18.4. The van der Waals surface area contributed by atoms with Crippen LogP contribution in [-0.4, -0.2) is 96.3 Å². The Morgan fingerprint density at radius 3 is 2.82 bits per heavy atom. The Hall–Kier alpha value is -2.16. The highest BCUT2D eigenvalue weighted by molar-refractivity contribution is 7.80. The summed E-state index contributed by atoms with van der Waals surface area (Å²) in [5.74, 6) is 0.577. The number of nitrogens with one attached hydrogen (secondary N) is 2. The van der Waals surface area contributed by atoms with Crippen molar-refractivity contribution in [2.24, 2.45) is 0 Å². The number of rotatable bonds is 6. The van der Waals surface area contributed by atoms with Crippen LogP contribution in [0.3, 0.4) is 0 Å². The standard InChI is InChI=1S/C20H28N6O6S/c27-12-3-1-2-11(12)25-20(33)31-7-13-15(28)16(29)19(32-13)26-9-23-14-17(21-8-22-18(14)26)24-10-4-5-30-6-10/h8-13,15-16,19,27-29H,1-7H2,(H,25,33)(H,21,22,24)/t10-,11-,12-,13?,15-,16-,19-/m1/s1. The molecule has 0 radical (unpaired) electrons. The minimum Gasteiger partial charge on any atom is -0.468 e. The van der Waals surface area contributed by atoms with Gasteiger partial charge in [-0.3, -0.25) is 4.57 Å². The highest BCUT2D eigenvalue weighted by Crippen LogP contribution is 2.32. The molecule has 2 aromatic rings. The number of hydrogen-bond donors (Lipinski definition) is 5. The molecule has 5 rings (SSSR count). The molecule has 3 fully saturated rings. The van der Waals surface area contributed by atoms with E-state index in [1.165, 1.54) is 12.7 Å². The summed E-state index contributed by atoms with van der Waals surface area (Å²) >= 11 is 5.20. The van der Waals surface area contributed by atoms with Crippen LogP contribution in [0, 0.1) is 0 Å². The Morgan fingerprint density at radius 1 is 1.18 bits per heavy atom. The molecule has 1 aliphatic carbocycles. The largest absolute Gasteiger partial charge is 0.468 e. The van der Waals surface area contributed by atoms with E-state index in [1.807, 2.05) is 0 Å². The first kappa shape index (κ1) is 22.6. The smallest absolute Gasteiger partial charge is 0.257 e. The number of thiocarbonyl (C=S) groups is 1. The molecule has 12 nitrogen and oxygen atoms in total. The Balaban J connectivity index is 1.24. The van der Waals surface area contributed by atoms with E-state index in [0.29, 0.717) is 30.2 Å². The first-order valence-corrected chi connectivity index (χ1v) is 11.6. The fourth-order valence-corrected chi connectivity index (χ4v) is 4.76. The first-order chi connectivity index (χ1) is 16.0. The number of nitrogens with zero attached hydrogens (tertiary/aromatic N) is 4. The van der Waals surface area contributed by atoms with Gasteiger partial charge in [-0.15, -0.1) is 0 Å². The number of anilines is 1. The highest BCUT2D eigenvalue weighted by atomic mass is 32.1. The van der Waals surface area contributed by atoms with Crippen molar-refractivity contribution in [1.29, 1.82) is 0 Å². The van der Waals surface area contributed by atoms with Crippen molar-refractivity contribution in [3.05, 3.63) is 12.7 Å². The van der Waals surface area contributed by atoms with Crippen molar-refractivity contribution in [2.75, 3.05) is 25.1 Å². The molecular weight excluding hydrogens is 452 g/mol. The van der Waals surface area contributed by atoms with Crippen LogP contribution in [0.1, 0.15) is 31.9 Å². The molecule has 0 amide bonds. The van der Waals surface area contributed by atoms with E-state index >= 15 is 0 Å². The van der Waals surface area contributed by atoms with E-state index in [1.54, 1.807) is 4.57 Å². The molecule has 2 aromatic heterocycles. The van der Waals surface area contributed by atoms with Crippen LogP contribution in [0.2, 0.25) is 0 Å². The summed E-state index contributed by atoms with van der Waals surface area (Å²) in [6.07, 6.45) is 1.68. The quantitative estimate of drug-likeness (QED) is 0.337. The number of imidazole rings is 1. The number of aliphatic hydroxyl groups is 3. The van der Waals surface area contributed by atoms with Crippen LogP contribution in [-0.2, 0) is 14.2 Å². The fourth-order valence-electron chi connectivity index (χ4n) is 4.54. The van der Waals surface area contributed by atoms with E-state index in [-0.39, 0.29) is 23.9 Å². The van der Waals surface area contributed by atoms with Gasteiger partial charge < -0.3 is 40.2 Å². The first-order valence-electron chi connectivity index (χ1n) is 11.2. The average Bonchev–Trinajstić information content (AvgIpc) is 3.59. The third-order valence-electron chi connectivity index (χ3n) is 6.40. The predicted molar refractivity (Wildman–Crippen MR) is 119 cm³/mol. The van der Waals surface area contributed by atoms with Gasteiger partial charge >= 0.3 is 0 Å². The number of aromatic nitrogens is 4. The van der Waals surface area contributed by atoms with Crippen molar-refractivity contribution in [1.82, 2.24) is 24.8 Å². The lowest BCUT2D eigenvalue weighted by Gasteiger charge is -2.20. The minimum absolute atomic E-state index is 0.0561. The van der Waals surface area contributed by atoms with Gasteiger partial charge in [-0.1, -0.05) is 0 Å². The molecule has 1 saturated carbocycles. The Morgan fingerprint density at radius 2 is 2.06 bits per heavy atom. The summed E-state index contributed by atoms with van der Waals surface area (Å²) in [5, 5.41) is 37.5. The maximum absolute atomic E-state index is 10.7. The van der Waals surface area contributed by atoms with Crippen LogP contribution >= 0.6 is 12.2 Å². The summed E-state index contributed by atoms with van der Waals surface area (Å²) in [6.45, 7) is 1.24. The molecule has 0 spiro atoms. The van der Waals surface area contributed by atoms with Gasteiger partial charge in [0.05, 0.1) is 31.1 Å². The maximum atomic E-state index is 10.7. The van der Waals surface area contributed by atoms with E-state index < -0.39 is 30.6 Å². The molecule has 1 unspecified atom stereocenters. The molecule has 2 aliphatic heterocycles. The van der Waals surface area contributed by atoms with Crippen LogP contribution in [0.5, 0.6) is 0 Å². The van der Waals surface area contributed by atoms with Gasteiger partial charge in [0.25, 0.3) is 5.17 Å². The second-order valence-electron chi connectivity index (χ2n) is 8.65. The second-order valence-corrected chi connectivity index (χ2v) is 9.02. The van der Waals surface area contributed by atoms with E-state index in [9.17, 15) is 15.3 Å². The Bertz CT molecular complexity index is 987. The second kappa shape index (κ2) is 9.60. The monoisotopic (exact) mass is 480 g/mol. The molecule has 33 heavy (non-hydrogen) atoms. The van der Waals surface area contributed by atoms with Crippen molar-refractivity contribution >= 4 is 34.4 Å². The lowest BCUT2D eigenvalue weighted by molar-refractivity contribution is -0.0493. The van der Waals surface area contributed by atoms with Gasteiger partial charge in [-0.25, -0.2) is 15.0 Å². The molecule has 0 aromatic carbocycles. The molecule has 4 heterocycles. The number of fused-ring (bicyclic) bond motifs is 1. The molecule has 7 atom stereocenters. The third-order valence-corrected chi connectivity index (χ3v) is 6.64. The summed E-state index contributed by atoms with van der Waals surface area (Å²) in [6, 6.07) is 0.00794. The fraction of sp³-hybridized carbons (Fsp3) is 0.700. The molecule has 3 aliphatic rings. The minimum atomic E-state index is -1.22. The van der Waals surface area contributed by atoms with Gasteiger partial charge in [0, 0.05) is 6.61 Å². The molecule has 5 N–H and O–H groups in total. The molecule has 13 heteroatoms. The predicted octanol–water partition coefficient (Wildman–Crippen LogP) is -0.549. The van der Waals surface area contributed by atoms with Gasteiger partial charge in [-0.2, -0.15) is 0 Å². The SMILES string of the molecule is O[C@@H]1[C@H](O)C(COC(=S)N[C@@H]2CCC[C@H]2O)O[C@H]1n1cnc2c(N[C@@H]3CCOC3)ncnc21. The van der Waals surface area contributed by atoms with Crippen LogP contribution in [0.25, 0.3) is 11.2 Å². The van der Waals surface area contributed by atoms with Crippen LogP contribution in [0.15, 0.2) is 12.7 Å². The normalized spacial score (nSPS) is 34.1. The topological polar surface area (TPSA) is 156 Å². The molecule has 0 bridgehead atoms. The summed E-state index contributed by atoms with van der Waals surface area (Å²) in [4.78, 5) is 13.0. The van der Waals surface area contributed by atoms with Crippen molar-refractivity contribution in [3.63, 3.8) is 0 Å². The Kier molecular flexibility index (Phi) is 6.58. The lowest BCUT2D eigenvalue weighted by Crippen LogP contribution is -2.42. The van der Waals surface area contributed by atoms with E-state index in [2.05, 4.69) is 25.6 Å². The average molecular weight is 481 g/mol. The van der Waals surface area contributed by atoms with Gasteiger partial charge in [0.1, 0.15) is 31.2 Å². The van der Waals surface area contributed by atoms with Crippen molar-refractivity contribution in [2.45, 2.75) is 68.4 Å². The highest BCUT2D eigenvalue weighted by Gasteiger charge is 2.45. The zero-order valence-electron chi connectivity index (χ0n) is 17.9. The molecule has 2 saturated heterocycles. The van der Waals surface area contributed by atoms with Crippen molar-refractivity contribution < 1.29 is 29.5 Å². The number of ether oxygens (including phenoxy) is 3. The van der Waals surface area contributed by atoms with E-state index in [4.69, 9.17) is 26.4 Å². The summed E-state index contributed by atoms with van der Waals surface area (Å²) in [5.41, 5.74) is 1.01. The lowest BCUT2D eigenvalue weighted by atomic mass is 10.1. The summed E-state index contributed by atoms with van der Waals surface area (Å²) in [7, 11) is 0. The van der Waals surface area contributed by atoms with Gasteiger partial charge in [-0.05, 0) is 37.9 Å².